The number of anilines is 1. The van der Waals surface area contributed by atoms with E-state index >= 15 is 0 Å². The molecule has 1 aliphatic rings. The van der Waals surface area contributed by atoms with Crippen molar-refractivity contribution in [1.82, 2.24) is 0 Å². The smallest absolute Gasteiger partial charge is 0.262 e. The van der Waals surface area contributed by atoms with Gasteiger partial charge in [-0.25, -0.2) is 0 Å². The van der Waals surface area contributed by atoms with Crippen molar-refractivity contribution in [3.05, 3.63) is 48.0 Å². The lowest BCUT2D eigenvalue weighted by atomic mass is 9.87. The Labute approximate surface area is 147 Å². The Morgan fingerprint density at radius 1 is 1.04 bits per heavy atom. The Hall–Kier alpha value is -2.69. The summed E-state index contributed by atoms with van der Waals surface area (Å²) >= 11 is 0. The number of carbonyl (C=O) groups excluding carboxylic acids is 1. The summed E-state index contributed by atoms with van der Waals surface area (Å²) in [6, 6.07) is 13.1. The summed E-state index contributed by atoms with van der Waals surface area (Å²) in [5, 5.41) is 2.83. The van der Waals surface area contributed by atoms with E-state index in [1.807, 2.05) is 24.3 Å². The van der Waals surface area contributed by atoms with E-state index < -0.39 is 0 Å². The predicted molar refractivity (Wildman–Crippen MR) is 96.7 cm³/mol. The zero-order valence-electron chi connectivity index (χ0n) is 14.8. The lowest BCUT2D eigenvalue weighted by molar-refractivity contribution is -0.118. The van der Waals surface area contributed by atoms with E-state index in [4.69, 9.17) is 14.2 Å². The third-order valence-electron chi connectivity index (χ3n) is 3.92. The summed E-state index contributed by atoms with van der Waals surface area (Å²) in [5.41, 5.74) is 2.06. The molecule has 132 valence electrons. The van der Waals surface area contributed by atoms with Crippen LogP contribution >= 0.6 is 0 Å². The third-order valence-corrected chi connectivity index (χ3v) is 3.92. The van der Waals surface area contributed by atoms with Gasteiger partial charge in [0.05, 0.1) is 0 Å². The highest BCUT2D eigenvalue weighted by Gasteiger charge is 2.14. The average molecular weight is 341 g/mol. The van der Waals surface area contributed by atoms with Crippen molar-refractivity contribution in [2.24, 2.45) is 0 Å². The van der Waals surface area contributed by atoms with Crippen molar-refractivity contribution in [3.63, 3.8) is 0 Å². The van der Waals surface area contributed by atoms with Gasteiger partial charge in [-0.2, -0.15) is 0 Å². The van der Waals surface area contributed by atoms with E-state index in [1.165, 1.54) is 5.56 Å². The number of ether oxygens (including phenoxy) is 3. The van der Waals surface area contributed by atoms with Gasteiger partial charge in [0.1, 0.15) is 19.0 Å². The van der Waals surface area contributed by atoms with E-state index in [-0.39, 0.29) is 17.9 Å². The lowest BCUT2D eigenvalue weighted by Crippen LogP contribution is -2.20. The molecule has 0 atom stereocenters. The minimum absolute atomic E-state index is 0.0688. The topological polar surface area (TPSA) is 56.8 Å². The molecule has 2 aromatic carbocycles. The highest BCUT2D eigenvalue weighted by molar-refractivity contribution is 5.91. The molecule has 0 saturated carbocycles. The molecule has 25 heavy (non-hydrogen) atoms. The SMILES string of the molecule is CC(C)(C)c1ccc(NC(=O)COc2ccc3c(c2)OCCO3)cc1. The first kappa shape index (κ1) is 17.1. The Kier molecular flexibility index (Phi) is 4.83. The van der Waals surface area contributed by atoms with Crippen LogP contribution in [0.25, 0.3) is 0 Å². The van der Waals surface area contributed by atoms with Crippen LogP contribution in [0.4, 0.5) is 5.69 Å². The molecule has 5 heteroatoms. The molecular weight excluding hydrogens is 318 g/mol. The fourth-order valence-electron chi connectivity index (χ4n) is 2.51. The van der Waals surface area contributed by atoms with Gasteiger partial charge in [-0.05, 0) is 35.2 Å². The first-order chi connectivity index (χ1) is 11.9. The van der Waals surface area contributed by atoms with Crippen molar-refractivity contribution in [3.8, 4) is 17.2 Å². The monoisotopic (exact) mass is 341 g/mol. The fraction of sp³-hybridized carbons (Fsp3) is 0.350. The Morgan fingerprint density at radius 2 is 1.72 bits per heavy atom. The van der Waals surface area contributed by atoms with Crippen LogP contribution in [0.3, 0.4) is 0 Å². The number of benzene rings is 2. The first-order valence-electron chi connectivity index (χ1n) is 8.35. The molecule has 0 unspecified atom stereocenters. The van der Waals surface area contributed by atoms with Crippen LogP contribution in [-0.2, 0) is 10.2 Å². The Balaban J connectivity index is 1.54. The highest BCUT2D eigenvalue weighted by Crippen LogP contribution is 2.33. The van der Waals surface area contributed by atoms with Gasteiger partial charge >= 0.3 is 0 Å². The second kappa shape index (κ2) is 7.05. The quantitative estimate of drug-likeness (QED) is 0.920. The molecule has 0 bridgehead atoms. The molecule has 0 aromatic heterocycles. The van der Waals surface area contributed by atoms with Gasteiger partial charge < -0.3 is 19.5 Å². The van der Waals surface area contributed by atoms with Gasteiger partial charge in [0.15, 0.2) is 18.1 Å². The average Bonchev–Trinajstić information content (AvgIpc) is 2.59. The van der Waals surface area contributed by atoms with Crippen molar-refractivity contribution < 1.29 is 19.0 Å². The minimum Gasteiger partial charge on any atom is -0.486 e. The van der Waals surface area contributed by atoms with Crippen LogP contribution in [0.1, 0.15) is 26.3 Å². The molecule has 5 nitrogen and oxygen atoms in total. The van der Waals surface area contributed by atoms with Crippen LogP contribution < -0.4 is 19.5 Å². The highest BCUT2D eigenvalue weighted by atomic mass is 16.6. The summed E-state index contributed by atoms with van der Waals surface area (Å²) in [6.07, 6.45) is 0. The van der Waals surface area contributed by atoms with Crippen molar-refractivity contribution in [1.29, 1.82) is 0 Å². The second-order valence-electron chi connectivity index (χ2n) is 6.97. The molecule has 0 spiro atoms. The summed E-state index contributed by atoms with van der Waals surface area (Å²) in [4.78, 5) is 12.1. The molecular formula is C20H23NO4. The van der Waals surface area contributed by atoms with E-state index in [0.29, 0.717) is 30.5 Å². The molecule has 0 aliphatic carbocycles. The number of carbonyl (C=O) groups is 1. The van der Waals surface area contributed by atoms with Crippen molar-refractivity contribution in [2.75, 3.05) is 25.1 Å². The van der Waals surface area contributed by atoms with Crippen molar-refractivity contribution in [2.45, 2.75) is 26.2 Å². The summed E-state index contributed by atoms with van der Waals surface area (Å²) in [5.74, 6) is 1.70. The van der Waals surface area contributed by atoms with Gasteiger partial charge in [0.2, 0.25) is 0 Å². The predicted octanol–water partition coefficient (Wildman–Crippen LogP) is 3.77. The standard InChI is InChI=1S/C20H23NO4/c1-20(2,3)14-4-6-15(7-5-14)21-19(22)13-25-16-8-9-17-18(12-16)24-11-10-23-17/h4-9,12H,10-11,13H2,1-3H3,(H,21,22). The summed E-state index contributed by atoms with van der Waals surface area (Å²) < 4.78 is 16.5. The molecule has 0 fully saturated rings. The van der Waals surface area contributed by atoms with E-state index in [1.54, 1.807) is 18.2 Å². The molecule has 0 radical (unpaired) electrons. The molecule has 2 aromatic rings. The van der Waals surface area contributed by atoms with Crippen LogP contribution in [-0.4, -0.2) is 25.7 Å². The van der Waals surface area contributed by atoms with Gasteiger partial charge in [-0.1, -0.05) is 32.9 Å². The molecule has 0 saturated heterocycles. The van der Waals surface area contributed by atoms with Crippen LogP contribution in [0.5, 0.6) is 17.2 Å². The molecule has 1 heterocycles. The summed E-state index contributed by atoms with van der Waals surface area (Å²) in [6.45, 7) is 7.46. The van der Waals surface area contributed by atoms with Gasteiger partial charge in [0.25, 0.3) is 5.91 Å². The Morgan fingerprint density at radius 3 is 2.40 bits per heavy atom. The second-order valence-corrected chi connectivity index (χ2v) is 6.97. The first-order valence-corrected chi connectivity index (χ1v) is 8.35. The number of amides is 1. The molecule has 1 N–H and O–H groups in total. The normalized spacial score (nSPS) is 13.2. The molecule has 1 aliphatic heterocycles. The van der Waals surface area contributed by atoms with Gasteiger partial charge in [-0.3, -0.25) is 4.79 Å². The number of nitrogens with one attached hydrogen (secondary N) is 1. The maximum Gasteiger partial charge on any atom is 0.262 e. The minimum atomic E-state index is -0.210. The molecule has 3 rings (SSSR count). The van der Waals surface area contributed by atoms with E-state index in [9.17, 15) is 4.79 Å². The largest absolute Gasteiger partial charge is 0.486 e. The van der Waals surface area contributed by atoms with E-state index in [2.05, 4.69) is 26.1 Å². The summed E-state index contributed by atoms with van der Waals surface area (Å²) in [7, 11) is 0. The zero-order valence-corrected chi connectivity index (χ0v) is 14.8. The fourth-order valence-corrected chi connectivity index (χ4v) is 2.51. The zero-order chi connectivity index (χ0) is 17.9. The van der Waals surface area contributed by atoms with Gasteiger partial charge in [0, 0.05) is 11.8 Å². The van der Waals surface area contributed by atoms with Crippen molar-refractivity contribution >= 4 is 11.6 Å². The number of rotatable bonds is 4. The van der Waals surface area contributed by atoms with Crippen LogP contribution in [0.2, 0.25) is 0 Å². The maximum absolute atomic E-state index is 12.1. The number of hydrogen-bond donors (Lipinski definition) is 1. The lowest BCUT2D eigenvalue weighted by Gasteiger charge is -2.19. The number of hydrogen-bond acceptors (Lipinski definition) is 4. The van der Waals surface area contributed by atoms with Gasteiger partial charge in [-0.15, -0.1) is 0 Å². The van der Waals surface area contributed by atoms with E-state index in [0.717, 1.165) is 5.69 Å². The van der Waals surface area contributed by atoms with Crippen LogP contribution in [0.15, 0.2) is 42.5 Å². The Bertz CT molecular complexity index is 747. The molecule has 1 amide bonds. The van der Waals surface area contributed by atoms with Crippen LogP contribution in [0, 0.1) is 0 Å². The third kappa shape index (κ3) is 4.44. The maximum atomic E-state index is 12.1. The number of fused-ring (bicyclic) bond motifs is 1.